The van der Waals surface area contributed by atoms with Crippen LogP contribution in [-0.2, 0) is 11.8 Å². The molecule has 16 heavy (non-hydrogen) atoms. The summed E-state index contributed by atoms with van der Waals surface area (Å²) >= 11 is 0. The van der Waals surface area contributed by atoms with Crippen molar-refractivity contribution in [2.75, 3.05) is 20.3 Å². The van der Waals surface area contributed by atoms with Gasteiger partial charge in [0.1, 0.15) is 5.82 Å². The topological polar surface area (TPSA) is 39.1 Å². The molecule has 92 valence electrons. The SMILES string of the molecule is COCCCCCNC(C)c1nccn1C. The second-order valence-corrected chi connectivity index (χ2v) is 4.13. The van der Waals surface area contributed by atoms with E-state index < -0.39 is 0 Å². The van der Waals surface area contributed by atoms with Crippen LogP contribution in [0.4, 0.5) is 0 Å². The molecule has 4 nitrogen and oxygen atoms in total. The molecule has 0 spiro atoms. The predicted molar refractivity (Wildman–Crippen MR) is 65.4 cm³/mol. The minimum absolute atomic E-state index is 0.322. The van der Waals surface area contributed by atoms with Gasteiger partial charge in [0.25, 0.3) is 0 Å². The van der Waals surface area contributed by atoms with E-state index in [0.29, 0.717) is 6.04 Å². The van der Waals surface area contributed by atoms with Gasteiger partial charge < -0.3 is 14.6 Å². The minimum Gasteiger partial charge on any atom is -0.385 e. The number of nitrogens with one attached hydrogen (secondary N) is 1. The lowest BCUT2D eigenvalue weighted by molar-refractivity contribution is 0.192. The van der Waals surface area contributed by atoms with Crippen molar-refractivity contribution in [2.24, 2.45) is 7.05 Å². The Morgan fingerprint density at radius 1 is 1.44 bits per heavy atom. The van der Waals surface area contributed by atoms with Gasteiger partial charge in [-0.15, -0.1) is 0 Å². The first-order chi connectivity index (χ1) is 7.75. The van der Waals surface area contributed by atoms with Gasteiger partial charge in [-0.25, -0.2) is 4.98 Å². The van der Waals surface area contributed by atoms with Crippen LogP contribution in [0.15, 0.2) is 12.4 Å². The number of hydrogen-bond donors (Lipinski definition) is 1. The first-order valence-electron chi connectivity index (χ1n) is 5.95. The molecule has 0 aliphatic heterocycles. The fraction of sp³-hybridized carbons (Fsp3) is 0.750. The molecular weight excluding hydrogens is 202 g/mol. The highest BCUT2D eigenvalue weighted by Crippen LogP contribution is 2.08. The molecule has 0 aliphatic rings. The molecule has 0 fully saturated rings. The predicted octanol–water partition coefficient (Wildman–Crippen LogP) is 1.89. The molecule has 0 aliphatic carbocycles. The largest absolute Gasteiger partial charge is 0.385 e. The second kappa shape index (κ2) is 7.41. The molecular formula is C12H23N3O. The number of imidazole rings is 1. The maximum atomic E-state index is 5.01. The van der Waals surface area contributed by atoms with Gasteiger partial charge in [0.2, 0.25) is 0 Å². The molecule has 0 bridgehead atoms. The molecule has 1 aromatic heterocycles. The third-order valence-electron chi connectivity index (χ3n) is 2.72. The first kappa shape index (κ1) is 13.2. The Morgan fingerprint density at radius 2 is 2.25 bits per heavy atom. The maximum absolute atomic E-state index is 5.01. The summed E-state index contributed by atoms with van der Waals surface area (Å²) in [5.74, 6) is 1.09. The zero-order valence-electron chi connectivity index (χ0n) is 10.6. The highest BCUT2D eigenvalue weighted by molar-refractivity contribution is 4.96. The van der Waals surface area contributed by atoms with Crippen molar-refractivity contribution in [3.8, 4) is 0 Å². The van der Waals surface area contributed by atoms with Crippen LogP contribution >= 0.6 is 0 Å². The number of nitrogens with zero attached hydrogens (tertiary/aromatic N) is 2. The van der Waals surface area contributed by atoms with Crippen molar-refractivity contribution in [1.82, 2.24) is 14.9 Å². The van der Waals surface area contributed by atoms with Crippen molar-refractivity contribution in [2.45, 2.75) is 32.2 Å². The number of unbranched alkanes of at least 4 members (excludes halogenated alkanes) is 2. The zero-order valence-corrected chi connectivity index (χ0v) is 10.6. The lowest BCUT2D eigenvalue weighted by atomic mass is 10.2. The Bertz CT molecular complexity index is 286. The number of rotatable bonds is 8. The highest BCUT2D eigenvalue weighted by atomic mass is 16.5. The van der Waals surface area contributed by atoms with E-state index in [-0.39, 0.29) is 0 Å². The molecule has 0 aromatic carbocycles. The van der Waals surface area contributed by atoms with Gasteiger partial charge in [0.05, 0.1) is 6.04 Å². The summed E-state index contributed by atoms with van der Waals surface area (Å²) in [5.41, 5.74) is 0. The monoisotopic (exact) mass is 225 g/mol. The van der Waals surface area contributed by atoms with Crippen LogP contribution in [0.5, 0.6) is 0 Å². The molecule has 1 rings (SSSR count). The molecule has 4 heteroatoms. The van der Waals surface area contributed by atoms with Gasteiger partial charge in [-0.2, -0.15) is 0 Å². The van der Waals surface area contributed by atoms with E-state index in [1.54, 1.807) is 7.11 Å². The number of methoxy groups -OCH3 is 1. The zero-order chi connectivity index (χ0) is 11.8. The first-order valence-corrected chi connectivity index (χ1v) is 5.95. The Labute approximate surface area is 98.0 Å². The minimum atomic E-state index is 0.322. The van der Waals surface area contributed by atoms with E-state index in [4.69, 9.17) is 4.74 Å². The smallest absolute Gasteiger partial charge is 0.125 e. The third-order valence-corrected chi connectivity index (χ3v) is 2.72. The van der Waals surface area contributed by atoms with Crippen LogP contribution in [0, 0.1) is 0 Å². The average molecular weight is 225 g/mol. The highest BCUT2D eigenvalue weighted by Gasteiger charge is 2.08. The van der Waals surface area contributed by atoms with Crippen LogP contribution in [0.2, 0.25) is 0 Å². The molecule has 0 saturated heterocycles. The number of hydrogen-bond acceptors (Lipinski definition) is 3. The van der Waals surface area contributed by atoms with Gasteiger partial charge in [0, 0.05) is 33.2 Å². The van der Waals surface area contributed by atoms with E-state index in [1.165, 1.54) is 12.8 Å². The van der Waals surface area contributed by atoms with Crippen molar-refractivity contribution in [3.63, 3.8) is 0 Å². The molecule has 0 amide bonds. The molecule has 1 aromatic rings. The Balaban J connectivity index is 2.11. The third kappa shape index (κ3) is 4.33. The standard InChI is InChI=1S/C12H23N3O/c1-11(12-14-8-9-15(12)2)13-7-5-4-6-10-16-3/h8-9,11,13H,4-7,10H2,1-3H3. The lowest BCUT2D eigenvalue weighted by Gasteiger charge is -2.13. The van der Waals surface area contributed by atoms with Crippen molar-refractivity contribution in [1.29, 1.82) is 0 Å². The summed E-state index contributed by atoms with van der Waals surface area (Å²) in [4.78, 5) is 4.32. The van der Waals surface area contributed by atoms with Gasteiger partial charge in [-0.1, -0.05) is 0 Å². The van der Waals surface area contributed by atoms with E-state index in [2.05, 4.69) is 21.8 Å². The van der Waals surface area contributed by atoms with Crippen LogP contribution in [0.3, 0.4) is 0 Å². The molecule has 1 N–H and O–H groups in total. The summed E-state index contributed by atoms with van der Waals surface area (Å²) in [6.45, 7) is 4.06. The van der Waals surface area contributed by atoms with Crippen LogP contribution in [-0.4, -0.2) is 29.8 Å². The van der Waals surface area contributed by atoms with Crippen molar-refractivity contribution in [3.05, 3.63) is 18.2 Å². The summed E-state index contributed by atoms with van der Waals surface area (Å²) in [5, 5.41) is 3.48. The summed E-state index contributed by atoms with van der Waals surface area (Å²) in [6, 6.07) is 0.322. The van der Waals surface area contributed by atoms with Gasteiger partial charge in [-0.05, 0) is 32.7 Å². The van der Waals surface area contributed by atoms with Crippen molar-refractivity contribution >= 4 is 0 Å². The molecule has 1 heterocycles. The number of aryl methyl sites for hydroxylation is 1. The normalized spacial score (nSPS) is 12.9. The lowest BCUT2D eigenvalue weighted by Crippen LogP contribution is -2.22. The van der Waals surface area contributed by atoms with Gasteiger partial charge >= 0.3 is 0 Å². The Hall–Kier alpha value is -0.870. The number of ether oxygens (including phenoxy) is 1. The van der Waals surface area contributed by atoms with Gasteiger partial charge in [0.15, 0.2) is 0 Å². The molecule has 1 atom stereocenters. The van der Waals surface area contributed by atoms with E-state index in [1.807, 2.05) is 19.4 Å². The average Bonchev–Trinajstić information content (AvgIpc) is 2.69. The van der Waals surface area contributed by atoms with Gasteiger partial charge in [-0.3, -0.25) is 0 Å². The number of aromatic nitrogens is 2. The quantitative estimate of drug-likeness (QED) is 0.687. The van der Waals surface area contributed by atoms with Crippen molar-refractivity contribution < 1.29 is 4.74 Å². The fourth-order valence-electron chi connectivity index (χ4n) is 1.75. The van der Waals surface area contributed by atoms with E-state index in [9.17, 15) is 0 Å². The summed E-state index contributed by atoms with van der Waals surface area (Å²) in [6.07, 6.45) is 7.37. The van der Waals surface area contributed by atoms with E-state index >= 15 is 0 Å². The maximum Gasteiger partial charge on any atom is 0.125 e. The van der Waals surface area contributed by atoms with Crippen LogP contribution < -0.4 is 5.32 Å². The van der Waals surface area contributed by atoms with Crippen LogP contribution in [0.1, 0.15) is 38.1 Å². The summed E-state index contributed by atoms with van der Waals surface area (Å²) < 4.78 is 7.07. The Morgan fingerprint density at radius 3 is 2.88 bits per heavy atom. The van der Waals surface area contributed by atoms with Crippen LogP contribution in [0.25, 0.3) is 0 Å². The second-order valence-electron chi connectivity index (χ2n) is 4.13. The molecule has 1 unspecified atom stereocenters. The molecule has 0 saturated carbocycles. The Kier molecular flexibility index (Phi) is 6.11. The summed E-state index contributed by atoms with van der Waals surface area (Å²) in [7, 11) is 3.78. The fourth-order valence-corrected chi connectivity index (χ4v) is 1.75. The molecule has 0 radical (unpaired) electrons. The van der Waals surface area contributed by atoms with E-state index in [0.717, 1.165) is 25.4 Å².